The molecule has 2 heteroatoms. The second-order valence-corrected chi connectivity index (χ2v) is 4.66. The molecule has 0 bridgehead atoms. The van der Waals surface area contributed by atoms with Gasteiger partial charge in [-0.1, -0.05) is 12.8 Å². The zero-order chi connectivity index (χ0) is 9.15. The van der Waals surface area contributed by atoms with Gasteiger partial charge in [0, 0.05) is 12.0 Å². The Morgan fingerprint density at radius 3 is 2.54 bits per heavy atom. The highest BCUT2D eigenvalue weighted by atomic mass is 16.5. The molecule has 2 fully saturated rings. The van der Waals surface area contributed by atoms with Crippen LogP contribution in [0.5, 0.6) is 0 Å². The summed E-state index contributed by atoms with van der Waals surface area (Å²) in [4.78, 5) is 0. The molecule has 2 rings (SSSR count). The molecule has 2 aliphatic rings. The van der Waals surface area contributed by atoms with Gasteiger partial charge < -0.3 is 9.84 Å². The van der Waals surface area contributed by atoms with Crippen molar-refractivity contribution in [3.63, 3.8) is 0 Å². The largest absolute Gasteiger partial charge is 0.396 e. The summed E-state index contributed by atoms with van der Waals surface area (Å²) in [5.74, 6) is 0.734. The number of aliphatic hydroxyl groups excluding tert-OH is 1. The van der Waals surface area contributed by atoms with Crippen LogP contribution < -0.4 is 0 Å². The maximum Gasteiger partial charge on any atom is 0.0547 e. The van der Waals surface area contributed by atoms with Gasteiger partial charge in [-0.05, 0) is 31.6 Å². The Balaban J connectivity index is 2.03. The molecular formula is C11H20O2. The molecule has 1 saturated heterocycles. The van der Waals surface area contributed by atoms with Crippen molar-refractivity contribution in [1.29, 1.82) is 0 Å². The number of rotatable bonds is 2. The molecule has 2 nitrogen and oxygen atoms in total. The molecule has 0 aromatic heterocycles. The fourth-order valence-corrected chi connectivity index (χ4v) is 2.99. The van der Waals surface area contributed by atoms with Gasteiger partial charge in [0.1, 0.15) is 0 Å². The monoisotopic (exact) mass is 184 g/mol. The summed E-state index contributed by atoms with van der Waals surface area (Å²) in [5, 5.41) is 9.52. The van der Waals surface area contributed by atoms with Crippen molar-refractivity contribution in [3.8, 4) is 0 Å². The van der Waals surface area contributed by atoms with Gasteiger partial charge in [0.25, 0.3) is 0 Å². The fourth-order valence-electron chi connectivity index (χ4n) is 2.99. The van der Waals surface area contributed by atoms with E-state index in [9.17, 15) is 5.11 Å². The first-order valence-electron chi connectivity index (χ1n) is 5.56. The Bertz CT molecular complexity index is 155. The molecule has 76 valence electrons. The minimum atomic E-state index is 0.134. The first kappa shape index (κ1) is 9.47. The van der Waals surface area contributed by atoms with Crippen LogP contribution >= 0.6 is 0 Å². The van der Waals surface area contributed by atoms with Crippen LogP contribution in [-0.2, 0) is 4.74 Å². The standard InChI is InChI=1S/C11H20O2/c12-8-11(6-3-7-13-9-11)10-4-1-2-5-10/h10,12H,1-9H2. The van der Waals surface area contributed by atoms with E-state index in [4.69, 9.17) is 4.74 Å². The number of aliphatic hydroxyl groups is 1. The van der Waals surface area contributed by atoms with Crippen molar-refractivity contribution in [2.24, 2.45) is 11.3 Å². The lowest BCUT2D eigenvalue weighted by atomic mass is 9.71. The number of hydrogen-bond donors (Lipinski definition) is 1. The van der Waals surface area contributed by atoms with E-state index in [1.54, 1.807) is 0 Å². The van der Waals surface area contributed by atoms with Crippen LogP contribution in [0.4, 0.5) is 0 Å². The third-order valence-corrected chi connectivity index (χ3v) is 3.89. The highest BCUT2D eigenvalue weighted by Crippen LogP contribution is 2.44. The smallest absolute Gasteiger partial charge is 0.0547 e. The average Bonchev–Trinajstić information content (AvgIpc) is 2.72. The molecule has 0 aromatic rings. The van der Waals surface area contributed by atoms with E-state index >= 15 is 0 Å². The molecule has 1 N–H and O–H groups in total. The van der Waals surface area contributed by atoms with Crippen molar-refractivity contribution in [3.05, 3.63) is 0 Å². The predicted molar refractivity (Wildman–Crippen MR) is 51.5 cm³/mol. The summed E-state index contributed by atoms with van der Waals surface area (Å²) < 4.78 is 5.53. The van der Waals surface area contributed by atoms with Gasteiger partial charge in [0.2, 0.25) is 0 Å². The second kappa shape index (κ2) is 3.97. The highest BCUT2D eigenvalue weighted by molar-refractivity contribution is 4.90. The van der Waals surface area contributed by atoms with Gasteiger partial charge in [0.15, 0.2) is 0 Å². The molecule has 1 heterocycles. The zero-order valence-electron chi connectivity index (χ0n) is 8.30. The Morgan fingerprint density at radius 2 is 2.00 bits per heavy atom. The lowest BCUT2D eigenvalue weighted by molar-refractivity contribution is -0.0709. The quantitative estimate of drug-likeness (QED) is 0.711. The van der Waals surface area contributed by atoms with Crippen LogP contribution in [0.15, 0.2) is 0 Å². The third kappa shape index (κ3) is 1.75. The molecule has 13 heavy (non-hydrogen) atoms. The van der Waals surface area contributed by atoms with Crippen LogP contribution in [-0.4, -0.2) is 24.9 Å². The molecule has 0 amide bonds. The Labute approximate surface area is 80.3 Å². The van der Waals surface area contributed by atoms with Gasteiger partial charge in [0.05, 0.1) is 13.2 Å². The van der Waals surface area contributed by atoms with Crippen molar-refractivity contribution in [1.82, 2.24) is 0 Å². The van der Waals surface area contributed by atoms with E-state index in [0.29, 0.717) is 6.61 Å². The SMILES string of the molecule is OCC1(C2CCCC2)CCCOC1. The van der Waals surface area contributed by atoms with Gasteiger partial charge in [-0.15, -0.1) is 0 Å². The Kier molecular flexibility index (Phi) is 2.89. The van der Waals surface area contributed by atoms with Crippen molar-refractivity contribution in [2.75, 3.05) is 19.8 Å². The summed E-state index contributed by atoms with van der Waals surface area (Å²) in [5.41, 5.74) is 0.134. The fraction of sp³-hybridized carbons (Fsp3) is 1.00. The van der Waals surface area contributed by atoms with E-state index in [2.05, 4.69) is 0 Å². The van der Waals surface area contributed by atoms with Crippen molar-refractivity contribution < 1.29 is 9.84 Å². The molecular weight excluding hydrogens is 164 g/mol. The third-order valence-electron chi connectivity index (χ3n) is 3.89. The maximum absolute atomic E-state index is 9.52. The predicted octanol–water partition coefficient (Wildman–Crippen LogP) is 1.97. The van der Waals surface area contributed by atoms with E-state index in [-0.39, 0.29) is 5.41 Å². The molecule has 1 aliphatic heterocycles. The zero-order valence-corrected chi connectivity index (χ0v) is 8.30. The van der Waals surface area contributed by atoms with Gasteiger partial charge in [-0.3, -0.25) is 0 Å². The summed E-state index contributed by atoms with van der Waals surface area (Å²) in [7, 11) is 0. The summed E-state index contributed by atoms with van der Waals surface area (Å²) >= 11 is 0. The van der Waals surface area contributed by atoms with Crippen LogP contribution in [0.25, 0.3) is 0 Å². The van der Waals surface area contributed by atoms with Gasteiger partial charge >= 0.3 is 0 Å². The van der Waals surface area contributed by atoms with E-state index in [0.717, 1.165) is 25.6 Å². The minimum Gasteiger partial charge on any atom is -0.396 e. The summed E-state index contributed by atoms with van der Waals surface area (Å²) in [6.45, 7) is 2.03. The summed E-state index contributed by atoms with van der Waals surface area (Å²) in [6, 6.07) is 0. The van der Waals surface area contributed by atoms with Crippen LogP contribution in [0.2, 0.25) is 0 Å². The topological polar surface area (TPSA) is 29.5 Å². The average molecular weight is 184 g/mol. The Hall–Kier alpha value is -0.0800. The molecule has 0 aromatic carbocycles. The first-order chi connectivity index (χ1) is 6.37. The molecule has 1 atom stereocenters. The van der Waals surface area contributed by atoms with Crippen LogP contribution in [0.1, 0.15) is 38.5 Å². The lowest BCUT2D eigenvalue weighted by Crippen LogP contribution is -2.41. The second-order valence-electron chi connectivity index (χ2n) is 4.66. The van der Waals surface area contributed by atoms with Crippen LogP contribution in [0, 0.1) is 11.3 Å². The van der Waals surface area contributed by atoms with Gasteiger partial charge in [-0.2, -0.15) is 0 Å². The van der Waals surface area contributed by atoms with Crippen molar-refractivity contribution >= 4 is 0 Å². The molecule has 0 spiro atoms. The van der Waals surface area contributed by atoms with E-state index < -0.39 is 0 Å². The molecule has 1 aliphatic carbocycles. The summed E-state index contributed by atoms with van der Waals surface area (Å²) in [6.07, 6.45) is 7.64. The highest BCUT2D eigenvalue weighted by Gasteiger charge is 2.41. The van der Waals surface area contributed by atoms with E-state index in [1.807, 2.05) is 0 Å². The van der Waals surface area contributed by atoms with Crippen molar-refractivity contribution in [2.45, 2.75) is 38.5 Å². The molecule has 0 radical (unpaired) electrons. The lowest BCUT2D eigenvalue weighted by Gasteiger charge is -2.40. The maximum atomic E-state index is 9.52. The Morgan fingerprint density at radius 1 is 1.23 bits per heavy atom. The van der Waals surface area contributed by atoms with Gasteiger partial charge in [-0.25, -0.2) is 0 Å². The molecule has 1 unspecified atom stereocenters. The number of hydrogen-bond acceptors (Lipinski definition) is 2. The first-order valence-corrected chi connectivity index (χ1v) is 5.56. The van der Waals surface area contributed by atoms with E-state index in [1.165, 1.54) is 32.1 Å². The minimum absolute atomic E-state index is 0.134. The normalized spacial score (nSPS) is 36.7. The molecule has 1 saturated carbocycles. The van der Waals surface area contributed by atoms with Crippen LogP contribution in [0.3, 0.4) is 0 Å². The number of ether oxygens (including phenoxy) is 1.